The average molecular weight is 185 g/mol. The van der Waals surface area contributed by atoms with Crippen LogP contribution in [0.2, 0.25) is 0 Å². The zero-order valence-electron chi connectivity index (χ0n) is 2.44. The normalized spacial score (nSPS) is 8.17. The second kappa shape index (κ2) is 3.03. The Labute approximate surface area is 42.0 Å². The van der Waals surface area contributed by atoms with E-state index in [1.807, 2.05) is 0 Å². The predicted octanol–water partition coefficient (Wildman–Crippen LogP) is -0.901. The molecule has 6 heavy (non-hydrogen) atoms. The molecule has 0 aliphatic rings. The van der Waals surface area contributed by atoms with Gasteiger partial charge in [-0.1, -0.05) is 0 Å². The van der Waals surface area contributed by atoms with Crippen LogP contribution in [0.4, 0.5) is 0 Å². The summed E-state index contributed by atoms with van der Waals surface area (Å²) in [5, 5.41) is 7.99. The standard InChI is InChI=1S/NO3.H2O.Pd/c2-1(3)4;;/h;1H2;/q-1;;+2/p-1. The predicted molar refractivity (Wildman–Crippen MR) is 10.3 cm³/mol. The molecule has 0 aromatic heterocycles. The van der Waals surface area contributed by atoms with Crippen LogP contribution in [0.5, 0.6) is 0 Å². The Balaban J connectivity index is 2.83. The van der Waals surface area contributed by atoms with Crippen LogP contribution in [-0.2, 0) is 22.3 Å². The van der Waals surface area contributed by atoms with E-state index in [0.717, 1.165) is 0 Å². The van der Waals surface area contributed by atoms with Crippen LogP contribution in [0, 0.1) is 10.1 Å². The number of rotatable bonds is 2. The summed E-state index contributed by atoms with van der Waals surface area (Å²) < 4.78 is 11.0. The topological polar surface area (TPSA) is 72.6 Å². The minimum atomic E-state index is -1.22. The van der Waals surface area contributed by atoms with Crippen molar-refractivity contribution < 1.29 is 31.2 Å². The van der Waals surface area contributed by atoms with Crippen molar-refractivity contribution in [1.82, 2.24) is 0 Å². The Morgan fingerprint density at radius 3 is 2.50 bits per heavy atom. The van der Waals surface area contributed by atoms with Crippen molar-refractivity contribution in [3.63, 3.8) is 0 Å². The molecule has 0 bridgehead atoms. The molecule has 6 heteroatoms. The van der Waals surface area contributed by atoms with Crippen molar-refractivity contribution in [3.8, 4) is 0 Å². The second-order valence-corrected chi connectivity index (χ2v) is 0.907. The molecule has 0 aliphatic carbocycles. The molecule has 0 radical (unpaired) electrons. The molecule has 0 saturated carbocycles. The number of nitrogens with zero attached hydrogens (tertiary/aromatic N) is 1. The molecule has 0 fully saturated rings. The fourth-order valence-corrected chi connectivity index (χ4v) is 0.125. The Kier molecular flexibility index (Phi) is 2.94. The van der Waals surface area contributed by atoms with Gasteiger partial charge < -0.3 is 0 Å². The Morgan fingerprint density at radius 1 is 2.00 bits per heavy atom. The van der Waals surface area contributed by atoms with E-state index < -0.39 is 23.8 Å². The first-order valence-corrected chi connectivity index (χ1v) is 2.15. The van der Waals surface area contributed by atoms with E-state index in [-0.39, 0.29) is 0 Å². The van der Waals surface area contributed by atoms with E-state index >= 15 is 0 Å². The van der Waals surface area contributed by atoms with Gasteiger partial charge in [0.25, 0.3) is 0 Å². The van der Waals surface area contributed by atoms with Gasteiger partial charge in [0.15, 0.2) is 0 Å². The van der Waals surface area contributed by atoms with E-state index in [2.05, 4.69) is 3.56 Å². The van der Waals surface area contributed by atoms with Gasteiger partial charge in [-0.25, -0.2) is 0 Å². The summed E-state index contributed by atoms with van der Waals surface area (Å²) in [5.41, 5.74) is 0. The average Bonchev–Trinajstić information content (AvgIpc) is 1.35. The van der Waals surface area contributed by atoms with E-state index in [1.165, 1.54) is 0 Å². The van der Waals surface area contributed by atoms with Crippen molar-refractivity contribution in [1.29, 1.82) is 0 Å². The molecule has 5 nitrogen and oxygen atoms in total. The summed E-state index contributed by atoms with van der Waals surface area (Å²) in [7, 11) is 0. The number of hydrogen-bond acceptors (Lipinski definition) is 4. The van der Waals surface area contributed by atoms with Gasteiger partial charge in [0.2, 0.25) is 0 Å². The van der Waals surface area contributed by atoms with Crippen LogP contribution in [0.15, 0.2) is 0 Å². The van der Waals surface area contributed by atoms with E-state index in [1.54, 1.807) is 0 Å². The molecule has 1 N–H and O–H groups in total. The first-order valence-electron chi connectivity index (χ1n) is 0.818. The van der Waals surface area contributed by atoms with Crippen molar-refractivity contribution >= 4 is 0 Å². The van der Waals surface area contributed by atoms with Gasteiger partial charge >= 0.3 is 41.3 Å². The van der Waals surface area contributed by atoms with Gasteiger partial charge in [0.1, 0.15) is 0 Å². The fourth-order valence-electron chi connectivity index (χ4n) is 0.0211. The summed E-state index contributed by atoms with van der Waals surface area (Å²) >= 11 is -1.22. The SMILES string of the molecule is O=[N+]([O-])[O][Pd][OH]. The second-order valence-electron chi connectivity index (χ2n) is 0.339. The zero-order valence-corrected chi connectivity index (χ0v) is 3.99. The third-order valence-electron chi connectivity index (χ3n) is 0.0730. The van der Waals surface area contributed by atoms with Gasteiger partial charge in [0.05, 0.1) is 0 Å². The van der Waals surface area contributed by atoms with Crippen LogP contribution >= 0.6 is 0 Å². The molecule has 0 amide bonds. The van der Waals surface area contributed by atoms with Crippen LogP contribution in [0.1, 0.15) is 0 Å². The third kappa shape index (κ3) is 3.82. The van der Waals surface area contributed by atoms with Gasteiger partial charge in [-0.05, 0) is 0 Å². The van der Waals surface area contributed by atoms with E-state index in [9.17, 15) is 0 Å². The summed E-state index contributed by atoms with van der Waals surface area (Å²) in [6.45, 7) is 0. The Bertz CT molecular complexity index is 51.5. The molecule has 0 spiro atoms. The van der Waals surface area contributed by atoms with Crippen LogP contribution in [-0.4, -0.2) is 8.92 Å². The van der Waals surface area contributed by atoms with Gasteiger partial charge in [-0.3, -0.25) is 0 Å². The van der Waals surface area contributed by atoms with E-state index in [0.29, 0.717) is 0 Å². The first kappa shape index (κ1) is 5.82. The summed E-state index contributed by atoms with van der Waals surface area (Å²) in [6, 6.07) is 0. The molecule has 0 unspecified atom stereocenters. The van der Waals surface area contributed by atoms with Crippen molar-refractivity contribution in [2.75, 3.05) is 0 Å². The molecule has 0 aliphatic heterocycles. The quantitative estimate of drug-likeness (QED) is 0.344. The molecule has 0 atom stereocenters. The van der Waals surface area contributed by atoms with Crippen molar-refractivity contribution in [2.24, 2.45) is 0 Å². The molecule has 0 rings (SSSR count). The van der Waals surface area contributed by atoms with Gasteiger partial charge in [-0.2, -0.15) is 0 Å². The molecule has 40 valence electrons. The number of hydrogen-bond donors (Lipinski definition) is 1. The van der Waals surface area contributed by atoms with E-state index in [4.69, 9.17) is 13.9 Å². The molecular formula is HNO4Pd. The Hall–Kier alpha value is -0.178. The maximum absolute atomic E-state index is 9.04. The fraction of sp³-hybridized carbons (Fsp3) is 0. The maximum atomic E-state index is 9.04. The van der Waals surface area contributed by atoms with Crippen LogP contribution < -0.4 is 0 Å². The molecule has 0 aromatic rings. The summed E-state index contributed by atoms with van der Waals surface area (Å²) in [6.07, 6.45) is 0. The van der Waals surface area contributed by atoms with Crippen LogP contribution in [0.25, 0.3) is 0 Å². The third-order valence-corrected chi connectivity index (χ3v) is 0.432. The first-order chi connectivity index (χ1) is 2.77. The summed E-state index contributed by atoms with van der Waals surface area (Å²) in [5.74, 6) is 0. The molecule has 0 aromatic carbocycles. The van der Waals surface area contributed by atoms with Gasteiger partial charge in [0, 0.05) is 0 Å². The molecular weight excluding hydrogens is 184 g/mol. The Morgan fingerprint density at radius 2 is 2.50 bits per heavy atom. The summed E-state index contributed by atoms with van der Waals surface area (Å²) in [4.78, 5) is 9.04. The monoisotopic (exact) mass is 185 g/mol. The molecule has 0 saturated heterocycles. The minimum absolute atomic E-state index is 1.05. The van der Waals surface area contributed by atoms with Crippen LogP contribution in [0.3, 0.4) is 0 Å². The van der Waals surface area contributed by atoms with Gasteiger partial charge in [-0.15, -0.1) is 0 Å². The zero-order chi connectivity index (χ0) is 4.99. The molecule has 0 heterocycles. The van der Waals surface area contributed by atoms with Crippen molar-refractivity contribution in [3.05, 3.63) is 10.1 Å². The van der Waals surface area contributed by atoms with Crippen molar-refractivity contribution in [2.45, 2.75) is 0 Å².